The van der Waals surface area contributed by atoms with E-state index in [2.05, 4.69) is 31.4 Å². The summed E-state index contributed by atoms with van der Waals surface area (Å²) >= 11 is 0. The van der Waals surface area contributed by atoms with Crippen LogP contribution in [0.4, 0.5) is 0 Å². The average Bonchev–Trinajstić information content (AvgIpc) is 3.46. The van der Waals surface area contributed by atoms with E-state index in [-0.39, 0.29) is 17.4 Å². The van der Waals surface area contributed by atoms with E-state index in [1.165, 1.54) is 32.4 Å². The second-order valence-corrected chi connectivity index (χ2v) is 14.5. The van der Waals surface area contributed by atoms with E-state index in [1.807, 2.05) is 60.7 Å². The van der Waals surface area contributed by atoms with Crippen molar-refractivity contribution in [2.45, 2.75) is 50.9 Å². The standard InChI is InChI=1S/C29H36N2O7Si/c1-20(32)25(31-26(33)24-17-12-18-37-24)27(34)30-23(28(35)36-5)19-38-39(29(2,3)4,21-13-8-6-9-14-21)22-15-10-7-11-16-22/h6-18,20,23,25,32H,19H2,1-5H3,(H,30,34)(H,31,33)/t20-,23?,25+/m1/s1. The van der Waals surface area contributed by atoms with Crippen LogP contribution in [0.5, 0.6) is 0 Å². The quantitative estimate of drug-likeness (QED) is 0.245. The molecule has 3 aromatic rings. The van der Waals surface area contributed by atoms with Crippen molar-refractivity contribution in [2.24, 2.45) is 0 Å². The molecule has 0 saturated carbocycles. The number of hydrogen-bond acceptors (Lipinski definition) is 7. The molecule has 10 heteroatoms. The number of aliphatic hydroxyl groups excluding tert-OH is 1. The van der Waals surface area contributed by atoms with Crippen molar-refractivity contribution in [3.05, 3.63) is 84.8 Å². The molecule has 208 valence electrons. The third kappa shape index (κ3) is 6.83. The third-order valence-electron chi connectivity index (χ3n) is 6.48. The molecule has 0 radical (unpaired) electrons. The van der Waals surface area contributed by atoms with Crippen LogP contribution in [0.2, 0.25) is 5.04 Å². The largest absolute Gasteiger partial charge is 0.467 e. The number of hydrogen-bond donors (Lipinski definition) is 3. The Hall–Kier alpha value is -3.73. The number of benzene rings is 2. The molecule has 2 aromatic carbocycles. The SMILES string of the molecule is COC(=O)C(CO[Si](c1ccccc1)(c1ccccc1)C(C)(C)C)NC(=O)[C@@H](NC(=O)c1ccco1)[C@@H](C)O. The Labute approximate surface area is 229 Å². The van der Waals surface area contributed by atoms with Gasteiger partial charge in [0.1, 0.15) is 12.1 Å². The van der Waals surface area contributed by atoms with Gasteiger partial charge in [-0.3, -0.25) is 9.59 Å². The first-order valence-electron chi connectivity index (χ1n) is 12.7. The molecular formula is C29H36N2O7Si. The number of carbonyl (C=O) groups is 3. The van der Waals surface area contributed by atoms with Crippen LogP contribution in [0.15, 0.2) is 83.5 Å². The number of amides is 2. The van der Waals surface area contributed by atoms with Crippen molar-refractivity contribution in [3.63, 3.8) is 0 Å². The molecule has 0 aliphatic rings. The molecule has 39 heavy (non-hydrogen) atoms. The van der Waals surface area contributed by atoms with E-state index in [1.54, 1.807) is 0 Å². The summed E-state index contributed by atoms with van der Waals surface area (Å²) in [6.45, 7) is 7.46. The Balaban J connectivity index is 1.92. The molecule has 9 nitrogen and oxygen atoms in total. The molecule has 1 unspecified atom stereocenters. The first-order valence-corrected chi connectivity index (χ1v) is 14.6. The summed E-state index contributed by atoms with van der Waals surface area (Å²) in [5.74, 6) is -2.19. The number of rotatable bonds is 11. The van der Waals surface area contributed by atoms with Gasteiger partial charge in [0.15, 0.2) is 5.76 Å². The van der Waals surface area contributed by atoms with Gasteiger partial charge in [0.25, 0.3) is 14.2 Å². The number of nitrogens with one attached hydrogen (secondary N) is 2. The highest BCUT2D eigenvalue weighted by molar-refractivity contribution is 6.99. The minimum atomic E-state index is -3.02. The number of furan rings is 1. The molecule has 0 bridgehead atoms. The molecule has 1 heterocycles. The van der Waals surface area contributed by atoms with Crippen molar-refractivity contribution >= 4 is 36.5 Å². The first kappa shape index (κ1) is 29.8. The van der Waals surface area contributed by atoms with Gasteiger partial charge in [0.2, 0.25) is 5.91 Å². The molecule has 0 saturated heterocycles. The monoisotopic (exact) mass is 552 g/mol. The molecule has 1 aromatic heterocycles. The lowest BCUT2D eigenvalue weighted by molar-refractivity contribution is -0.146. The minimum Gasteiger partial charge on any atom is -0.467 e. The third-order valence-corrected chi connectivity index (χ3v) is 11.5. The summed E-state index contributed by atoms with van der Waals surface area (Å²) in [4.78, 5) is 38.5. The second-order valence-electron chi connectivity index (χ2n) is 10.2. The maximum Gasteiger partial charge on any atom is 0.330 e. The van der Waals surface area contributed by atoms with Gasteiger partial charge >= 0.3 is 5.97 Å². The van der Waals surface area contributed by atoms with Gasteiger partial charge < -0.3 is 29.3 Å². The fraction of sp³-hybridized carbons (Fsp3) is 0.345. The van der Waals surface area contributed by atoms with Crippen LogP contribution in [0, 0.1) is 0 Å². The van der Waals surface area contributed by atoms with E-state index < -0.39 is 44.3 Å². The lowest BCUT2D eigenvalue weighted by atomic mass is 10.1. The minimum absolute atomic E-state index is 0.0204. The summed E-state index contributed by atoms with van der Waals surface area (Å²) in [5, 5.41) is 17.0. The molecule has 3 N–H and O–H groups in total. The van der Waals surface area contributed by atoms with Crippen LogP contribution in [-0.2, 0) is 18.8 Å². The predicted molar refractivity (Wildman–Crippen MR) is 149 cm³/mol. The van der Waals surface area contributed by atoms with Crippen LogP contribution < -0.4 is 21.0 Å². The summed E-state index contributed by atoms with van der Waals surface area (Å²) in [5.41, 5.74) is 0. The highest BCUT2D eigenvalue weighted by atomic mass is 28.4. The van der Waals surface area contributed by atoms with Crippen LogP contribution >= 0.6 is 0 Å². The van der Waals surface area contributed by atoms with Crippen LogP contribution in [0.1, 0.15) is 38.2 Å². The normalized spacial score (nSPS) is 14.1. The van der Waals surface area contributed by atoms with Crippen LogP contribution in [0.3, 0.4) is 0 Å². The van der Waals surface area contributed by atoms with Gasteiger partial charge in [-0.1, -0.05) is 81.4 Å². The van der Waals surface area contributed by atoms with Gasteiger partial charge in [0, 0.05) is 0 Å². The molecule has 0 aliphatic carbocycles. The van der Waals surface area contributed by atoms with Gasteiger partial charge in [-0.2, -0.15) is 0 Å². The Kier molecular flexibility index (Phi) is 9.85. The van der Waals surface area contributed by atoms with E-state index in [9.17, 15) is 19.5 Å². The molecule has 3 atom stereocenters. The highest BCUT2D eigenvalue weighted by Crippen LogP contribution is 2.36. The van der Waals surface area contributed by atoms with E-state index in [0.717, 1.165) is 10.4 Å². The van der Waals surface area contributed by atoms with Crippen molar-refractivity contribution in [1.82, 2.24) is 10.6 Å². The lowest BCUT2D eigenvalue weighted by Crippen LogP contribution is -2.68. The summed E-state index contributed by atoms with van der Waals surface area (Å²) in [7, 11) is -1.81. The van der Waals surface area contributed by atoms with Crippen LogP contribution in [-0.4, -0.2) is 63.1 Å². The van der Waals surface area contributed by atoms with Gasteiger partial charge in [-0.05, 0) is 34.5 Å². The molecule has 0 spiro atoms. The number of esters is 1. The van der Waals surface area contributed by atoms with E-state index >= 15 is 0 Å². The lowest BCUT2D eigenvalue weighted by Gasteiger charge is -2.43. The van der Waals surface area contributed by atoms with E-state index in [0.29, 0.717) is 0 Å². The number of carbonyl (C=O) groups excluding carboxylic acids is 3. The van der Waals surface area contributed by atoms with E-state index in [4.69, 9.17) is 13.6 Å². The smallest absolute Gasteiger partial charge is 0.330 e. The number of aliphatic hydroxyl groups is 1. The van der Waals surface area contributed by atoms with Crippen LogP contribution in [0.25, 0.3) is 0 Å². The molecule has 3 rings (SSSR count). The first-order chi connectivity index (χ1) is 18.5. The van der Waals surface area contributed by atoms with Crippen molar-refractivity contribution in [3.8, 4) is 0 Å². The Bertz CT molecular complexity index is 1190. The maximum atomic E-state index is 13.2. The van der Waals surface area contributed by atoms with Crippen molar-refractivity contribution in [1.29, 1.82) is 0 Å². The molecular weight excluding hydrogens is 516 g/mol. The molecule has 0 fully saturated rings. The molecule has 2 amide bonds. The average molecular weight is 553 g/mol. The Morgan fingerprint density at radius 1 is 0.923 bits per heavy atom. The van der Waals surface area contributed by atoms with Gasteiger partial charge in [-0.25, -0.2) is 4.79 Å². The summed E-state index contributed by atoms with van der Waals surface area (Å²) in [6, 6.07) is 20.1. The predicted octanol–water partition coefficient (Wildman–Crippen LogP) is 1.99. The van der Waals surface area contributed by atoms with Gasteiger partial charge in [0.05, 0.1) is 26.1 Å². The maximum absolute atomic E-state index is 13.2. The second kappa shape index (κ2) is 12.9. The zero-order valence-corrected chi connectivity index (χ0v) is 23.8. The Morgan fingerprint density at radius 3 is 1.92 bits per heavy atom. The highest BCUT2D eigenvalue weighted by Gasteiger charge is 2.50. The number of ether oxygens (including phenoxy) is 1. The zero-order chi connectivity index (χ0) is 28.6. The summed E-state index contributed by atoms with van der Waals surface area (Å²) < 4.78 is 16.8. The fourth-order valence-electron chi connectivity index (χ4n) is 4.57. The number of methoxy groups -OCH3 is 1. The fourth-order valence-corrected chi connectivity index (χ4v) is 9.14. The molecule has 0 aliphatic heterocycles. The van der Waals surface area contributed by atoms with Crippen molar-refractivity contribution in [2.75, 3.05) is 13.7 Å². The van der Waals surface area contributed by atoms with Crippen molar-refractivity contribution < 1.29 is 33.1 Å². The summed E-state index contributed by atoms with van der Waals surface area (Å²) in [6.07, 6.45) is 0.0572. The topological polar surface area (TPSA) is 127 Å². The Morgan fingerprint density at radius 2 is 1.49 bits per heavy atom. The van der Waals surface area contributed by atoms with Gasteiger partial charge in [-0.15, -0.1) is 0 Å². The zero-order valence-electron chi connectivity index (χ0n) is 22.8.